The predicted molar refractivity (Wildman–Crippen MR) is 100 cm³/mol. The molecule has 0 atom stereocenters. The van der Waals surface area contributed by atoms with E-state index >= 15 is 0 Å². The van der Waals surface area contributed by atoms with E-state index in [2.05, 4.69) is 27.9 Å². The zero-order chi connectivity index (χ0) is 16.8. The number of hydrogen-bond acceptors (Lipinski definition) is 3. The summed E-state index contributed by atoms with van der Waals surface area (Å²) in [6.07, 6.45) is 1.03. The van der Waals surface area contributed by atoms with Crippen LogP contribution in [0.15, 0.2) is 36.4 Å². The summed E-state index contributed by atoms with van der Waals surface area (Å²) in [5.74, 6) is 1.45. The van der Waals surface area contributed by atoms with Crippen LogP contribution in [-0.2, 0) is 11.2 Å². The molecule has 0 unspecified atom stereocenters. The van der Waals surface area contributed by atoms with Gasteiger partial charge in [0.05, 0.1) is 14.2 Å². The minimum Gasteiger partial charge on any atom is -0.497 e. The number of halogens is 1. The van der Waals surface area contributed by atoms with Gasteiger partial charge in [0.25, 0.3) is 0 Å². The van der Waals surface area contributed by atoms with E-state index in [1.807, 2.05) is 43.3 Å². The minimum absolute atomic E-state index is 0.00793. The maximum Gasteiger partial charge on any atom is 0.224 e. The van der Waals surface area contributed by atoms with E-state index in [9.17, 15) is 4.79 Å². The Morgan fingerprint density at radius 1 is 1.09 bits per heavy atom. The van der Waals surface area contributed by atoms with Gasteiger partial charge < -0.3 is 14.8 Å². The van der Waals surface area contributed by atoms with Crippen molar-refractivity contribution in [1.29, 1.82) is 0 Å². The fourth-order valence-electron chi connectivity index (χ4n) is 2.16. The average molecular weight is 425 g/mol. The molecular formula is C18H20INO3. The second-order valence-electron chi connectivity index (χ2n) is 5.23. The molecule has 2 aromatic carbocycles. The molecule has 2 rings (SSSR count). The van der Waals surface area contributed by atoms with E-state index < -0.39 is 0 Å². The third-order valence-corrected chi connectivity index (χ3v) is 4.67. The number of anilines is 1. The number of aryl methyl sites for hydroxylation is 2. The van der Waals surface area contributed by atoms with E-state index in [0.717, 1.165) is 26.3 Å². The fraction of sp³-hybridized carbons (Fsp3) is 0.278. The van der Waals surface area contributed by atoms with E-state index in [1.165, 1.54) is 5.56 Å². The number of ether oxygens (including phenoxy) is 2. The summed E-state index contributed by atoms with van der Waals surface area (Å²) < 4.78 is 11.6. The maximum absolute atomic E-state index is 12.1. The van der Waals surface area contributed by atoms with Crippen LogP contribution in [0.1, 0.15) is 17.5 Å². The highest BCUT2D eigenvalue weighted by Crippen LogP contribution is 2.23. The van der Waals surface area contributed by atoms with Crippen LogP contribution in [0.3, 0.4) is 0 Å². The van der Waals surface area contributed by atoms with Gasteiger partial charge in [0.2, 0.25) is 5.91 Å². The highest BCUT2D eigenvalue weighted by molar-refractivity contribution is 14.1. The fourth-order valence-corrected chi connectivity index (χ4v) is 2.68. The Morgan fingerprint density at radius 2 is 1.74 bits per heavy atom. The Morgan fingerprint density at radius 3 is 2.30 bits per heavy atom. The van der Waals surface area contributed by atoms with Gasteiger partial charge in [0, 0.05) is 21.7 Å². The number of amides is 1. The number of benzene rings is 2. The van der Waals surface area contributed by atoms with Gasteiger partial charge in [-0.2, -0.15) is 0 Å². The standard InChI is InChI=1S/C18H20INO3/c1-12-4-6-14(10-17(12)19)20-18(21)7-5-13-8-15(22-2)11-16(9-13)23-3/h4,6,8-11H,5,7H2,1-3H3,(H,20,21). The monoisotopic (exact) mass is 425 g/mol. The summed E-state index contributed by atoms with van der Waals surface area (Å²) in [6, 6.07) is 11.6. The molecule has 0 saturated heterocycles. The van der Waals surface area contributed by atoms with Crippen molar-refractivity contribution >= 4 is 34.2 Å². The molecule has 4 nitrogen and oxygen atoms in total. The second kappa shape index (κ2) is 8.19. The molecule has 122 valence electrons. The van der Waals surface area contributed by atoms with Crippen LogP contribution in [0.25, 0.3) is 0 Å². The lowest BCUT2D eigenvalue weighted by molar-refractivity contribution is -0.116. The summed E-state index contributed by atoms with van der Waals surface area (Å²) in [6.45, 7) is 2.05. The van der Waals surface area contributed by atoms with Crippen LogP contribution in [0.5, 0.6) is 11.5 Å². The quantitative estimate of drug-likeness (QED) is 0.707. The molecule has 0 heterocycles. The van der Waals surface area contributed by atoms with Gasteiger partial charge in [-0.15, -0.1) is 0 Å². The Hall–Kier alpha value is -1.76. The Labute approximate surface area is 150 Å². The van der Waals surface area contributed by atoms with Crippen molar-refractivity contribution in [2.45, 2.75) is 19.8 Å². The molecule has 0 aliphatic heterocycles. The number of nitrogens with one attached hydrogen (secondary N) is 1. The normalized spacial score (nSPS) is 10.3. The second-order valence-corrected chi connectivity index (χ2v) is 6.40. The first kappa shape index (κ1) is 17.6. The van der Waals surface area contributed by atoms with Crippen molar-refractivity contribution < 1.29 is 14.3 Å². The molecule has 5 heteroatoms. The van der Waals surface area contributed by atoms with Gasteiger partial charge in [0.15, 0.2) is 0 Å². The van der Waals surface area contributed by atoms with Gasteiger partial charge in [0.1, 0.15) is 11.5 Å². The topological polar surface area (TPSA) is 47.6 Å². The first-order valence-corrected chi connectivity index (χ1v) is 8.37. The van der Waals surface area contributed by atoms with Crippen molar-refractivity contribution in [3.63, 3.8) is 0 Å². The molecular weight excluding hydrogens is 405 g/mol. The zero-order valence-corrected chi connectivity index (χ0v) is 15.6. The summed E-state index contributed by atoms with van der Waals surface area (Å²) in [7, 11) is 3.23. The molecule has 0 fully saturated rings. The summed E-state index contributed by atoms with van der Waals surface area (Å²) >= 11 is 2.26. The molecule has 0 spiro atoms. The molecule has 0 saturated carbocycles. The number of hydrogen-bond donors (Lipinski definition) is 1. The molecule has 1 N–H and O–H groups in total. The van der Waals surface area contributed by atoms with E-state index in [-0.39, 0.29) is 5.91 Å². The Bertz CT molecular complexity index is 678. The average Bonchev–Trinajstić information content (AvgIpc) is 2.56. The molecule has 0 radical (unpaired) electrons. The van der Waals surface area contributed by atoms with Crippen molar-refractivity contribution in [3.05, 3.63) is 51.1 Å². The third kappa shape index (κ3) is 5.13. The van der Waals surface area contributed by atoms with Crippen molar-refractivity contribution in [3.8, 4) is 11.5 Å². The molecule has 1 amide bonds. The van der Waals surface area contributed by atoms with Crippen LogP contribution in [0, 0.1) is 10.5 Å². The summed E-state index contributed by atoms with van der Waals surface area (Å²) in [4.78, 5) is 12.1. The van der Waals surface area contributed by atoms with Crippen LogP contribution in [0.2, 0.25) is 0 Å². The first-order valence-electron chi connectivity index (χ1n) is 7.30. The van der Waals surface area contributed by atoms with Crippen molar-refractivity contribution in [2.75, 3.05) is 19.5 Å². The number of rotatable bonds is 6. The lowest BCUT2D eigenvalue weighted by atomic mass is 10.1. The Kier molecular flexibility index (Phi) is 6.27. The SMILES string of the molecule is COc1cc(CCC(=O)Nc2ccc(C)c(I)c2)cc(OC)c1. The highest BCUT2D eigenvalue weighted by Gasteiger charge is 2.07. The molecule has 23 heavy (non-hydrogen) atoms. The third-order valence-electron chi connectivity index (χ3n) is 3.51. The van der Waals surface area contributed by atoms with Gasteiger partial charge in [-0.25, -0.2) is 0 Å². The van der Waals surface area contributed by atoms with Gasteiger partial charge in [-0.3, -0.25) is 4.79 Å². The maximum atomic E-state index is 12.1. The Balaban J connectivity index is 1.97. The molecule has 0 aliphatic carbocycles. The van der Waals surface area contributed by atoms with E-state index in [4.69, 9.17) is 9.47 Å². The lowest BCUT2D eigenvalue weighted by Crippen LogP contribution is -2.12. The van der Waals surface area contributed by atoms with Crippen LogP contribution in [0.4, 0.5) is 5.69 Å². The predicted octanol–water partition coefficient (Wildman–Crippen LogP) is 4.19. The lowest BCUT2D eigenvalue weighted by Gasteiger charge is -2.09. The van der Waals surface area contributed by atoms with Gasteiger partial charge >= 0.3 is 0 Å². The van der Waals surface area contributed by atoms with Gasteiger partial charge in [-0.1, -0.05) is 6.07 Å². The van der Waals surface area contributed by atoms with Crippen LogP contribution in [-0.4, -0.2) is 20.1 Å². The largest absolute Gasteiger partial charge is 0.497 e. The van der Waals surface area contributed by atoms with Crippen LogP contribution >= 0.6 is 22.6 Å². The minimum atomic E-state index is -0.00793. The summed E-state index contributed by atoms with van der Waals surface area (Å²) in [5.41, 5.74) is 3.04. The molecule has 2 aromatic rings. The number of carbonyl (C=O) groups excluding carboxylic acids is 1. The van der Waals surface area contributed by atoms with Crippen molar-refractivity contribution in [2.24, 2.45) is 0 Å². The smallest absolute Gasteiger partial charge is 0.224 e. The number of methoxy groups -OCH3 is 2. The zero-order valence-electron chi connectivity index (χ0n) is 13.5. The number of carbonyl (C=O) groups is 1. The van der Waals surface area contributed by atoms with E-state index in [1.54, 1.807) is 14.2 Å². The van der Waals surface area contributed by atoms with Crippen LogP contribution < -0.4 is 14.8 Å². The van der Waals surface area contributed by atoms with Crippen molar-refractivity contribution in [1.82, 2.24) is 0 Å². The summed E-state index contributed by atoms with van der Waals surface area (Å²) in [5, 5.41) is 2.93. The van der Waals surface area contributed by atoms with Gasteiger partial charge in [-0.05, 0) is 71.3 Å². The first-order chi connectivity index (χ1) is 11.0. The molecule has 0 aliphatic rings. The van der Waals surface area contributed by atoms with E-state index in [0.29, 0.717) is 12.8 Å². The molecule has 0 aromatic heterocycles. The molecule has 0 bridgehead atoms. The highest BCUT2D eigenvalue weighted by atomic mass is 127.